The van der Waals surface area contributed by atoms with Crippen LogP contribution in [-0.4, -0.2) is 11.1 Å². The van der Waals surface area contributed by atoms with E-state index in [1.807, 2.05) is 13.0 Å². The van der Waals surface area contributed by atoms with E-state index < -0.39 is 0 Å². The molecule has 0 radical (unpaired) electrons. The van der Waals surface area contributed by atoms with Gasteiger partial charge < -0.3 is 14.8 Å². The van der Waals surface area contributed by atoms with Gasteiger partial charge >= 0.3 is 5.63 Å². The lowest BCUT2D eigenvalue weighted by atomic mass is 9.87. The fraction of sp³-hybridized carbons (Fsp3) is 0.526. The van der Waals surface area contributed by atoms with Crippen LogP contribution in [0.2, 0.25) is 0 Å². The summed E-state index contributed by atoms with van der Waals surface area (Å²) < 4.78 is 5.25. The highest BCUT2D eigenvalue weighted by Crippen LogP contribution is 2.28. The predicted molar refractivity (Wildman–Crippen MR) is 91.8 cm³/mol. The van der Waals surface area contributed by atoms with E-state index in [1.54, 1.807) is 12.1 Å². The molecule has 1 aliphatic rings. The van der Waals surface area contributed by atoms with E-state index in [2.05, 4.69) is 12.2 Å². The molecule has 0 unspecified atom stereocenters. The SMILES string of the molecule is CCc1cc2c(CNC3CCC(C)CC3)cc(=O)oc2cc1O. The van der Waals surface area contributed by atoms with Crippen molar-refractivity contribution in [1.82, 2.24) is 5.32 Å². The second kappa shape index (κ2) is 6.75. The molecule has 0 bridgehead atoms. The van der Waals surface area contributed by atoms with E-state index in [0.717, 1.165) is 28.9 Å². The number of rotatable bonds is 4. The van der Waals surface area contributed by atoms with Crippen molar-refractivity contribution in [2.75, 3.05) is 0 Å². The Labute approximate surface area is 136 Å². The van der Waals surface area contributed by atoms with Crippen LogP contribution in [0.1, 0.15) is 50.7 Å². The van der Waals surface area contributed by atoms with E-state index in [-0.39, 0.29) is 11.4 Å². The van der Waals surface area contributed by atoms with Crippen molar-refractivity contribution >= 4 is 11.0 Å². The Kier molecular flexibility index (Phi) is 4.71. The third-order valence-corrected chi connectivity index (χ3v) is 5.01. The first-order valence-corrected chi connectivity index (χ1v) is 8.58. The van der Waals surface area contributed by atoms with Crippen LogP contribution in [0.25, 0.3) is 11.0 Å². The fourth-order valence-electron chi connectivity index (χ4n) is 3.46. The van der Waals surface area contributed by atoms with Gasteiger partial charge in [-0.3, -0.25) is 0 Å². The van der Waals surface area contributed by atoms with E-state index >= 15 is 0 Å². The van der Waals surface area contributed by atoms with Gasteiger partial charge in [-0.25, -0.2) is 4.79 Å². The number of hydrogen-bond acceptors (Lipinski definition) is 4. The number of benzene rings is 1. The lowest BCUT2D eigenvalue weighted by Gasteiger charge is -2.27. The summed E-state index contributed by atoms with van der Waals surface area (Å²) >= 11 is 0. The first kappa shape index (κ1) is 16.1. The maximum Gasteiger partial charge on any atom is 0.336 e. The van der Waals surface area contributed by atoms with Crippen LogP contribution >= 0.6 is 0 Å². The standard InChI is InChI=1S/C19H25NO3/c1-3-13-8-16-14(9-19(22)23-18(16)10-17(13)21)11-20-15-6-4-12(2)5-7-15/h8-10,12,15,20-21H,3-7,11H2,1-2H3. The van der Waals surface area contributed by atoms with Crippen molar-refractivity contribution in [3.63, 3.8) is 0 Å². The second-order valence-corrected chi connectivity index (χ2v) is 6.76. The van der Waals surface area contributed by atoms with Crippen molar-refractivity contribution in [2.24, 2.45) is 5.92 Å². The molecule has 0 amide bonds. The molecule has 2 aromatic rings. The van der Waals surface area contributed by atoms with Crippen LogP contribution in [0.4, 0.5) is 0 Å². The Morgan fingerprint density at radius 1 is 1.17 bits per heavy atom. The molecule has 0 atom stereocenters. The summed E-state index contributed by atoms with van der Waals surface area (Å²) in [6.45, 7) is 4.97. The number of phenols is 1. The van der Waals surface area contributed by atoms with Crippen LogP contribution < -0.4 is 10.9 Å². The molecule has 1 aromatic heterocycles. The van der Waals surface area contributed by atoms with Gasteiger partial charge in [-0.1, -0.05) is 13.8 Å². The number of aryl methyl sites for hydroxylation is 1. The monoisotopic (exact) mass is 315 g/mol. The molecular weight excluding hydrogens is 290 g/mol. The summed E-state index contributed by atoms with van der Waals surface area (Å²) in [4.78, 5) is 11.8. The first-order chi connectivity index (χ1) is 11.1. The van der Waals surface area contributed by atoms with Gasteiger partial charge in [-0.05, 0) is 55.2 Å². The highest BCUT2D eigenvalue weighted by atomic mass is 16.4. The molecule has 124 valence electrons. The third-order valence-electron chi connectivity index (χ3n) is 5.01. The Balaban J connectivity index is 1.85. The second-order valence-electron chi connectivity index (χ2n) is 6.76. The highest BCUT2D eigenvalue weighted by Gasteiger charge is 2.18. The van der Waals surface area contributed by atoms with Crippen molar-refractivity contribution in [1.29, 1.82) is 0 Å². The number of aromatic hydroxyl groups is 1. The van der Waals surface area contributed by atoms with Crippen molar-refractivity contribution in [2.45, 2.75) is 58.5 Å². The van der Waals surface area contributed by atoms with Crippen molar-refractivity contribution in [3.05, 3.63) is 39.7 Å². The Bertz CT molecular complexity index is 742. The predicted octanol–water partition coefficient (Wildman–Crippen LogP) is 3.73. The Hall–Kier alpha value is -1.81. The van der Waals surface area contributed by atoms with E-state index in [1.165, 1.54) is 25.7 Å². The smallest absolute Gasteiger partial charge is 0.336 e. The minimum Gasteiger partial charge on any atom is -0.508 e. The van der Waals surface area contributed by atoms with Gasteiger partial charge in [0.1, 0.15) is 11.3 Å². The highest BCUT2D eigenvalue weighted by molar-refractivity contribution is 5.82. The molecule has 2 N–H and O–H groups in total. The van der Waals surface area contributed by atoms with E-state index in [9.17, 15) is 9.90 Å². The summed E-state index contributed by atoms with van der Waals surface area (Å²) in [5.41, 5.74) is 1.92. The molecule has 1 aromatic carbocycles. The van der Waals surface area contributed by atoms with Crippen LogP contribution in [0.3, 0.4) is 0 Å². The number of nitrogens with one attached hydrogen (secondary N) is 1. The molecule has 23 heavy (non-hydrogen) atoms. The molecule has 4 nitrogen and oxygen atoms in total. The molecule has 0 aliphatic heterocycles. The normalized spacial score (nSPS) is 21.7. The summed E-state index contributed by atoms with van der Waals surface area (Å²) in [6, 6.07) is 5.59. The summed E-state index contributed by atoms with van der Waals surface area (Å²) in [7, 11) is 0. The molecule has 3 rings (SSSR count). The van der Waals surface area contributed by atoms with Crippen molar-refractivity contribution < 1.29 is 9.52 Å². The molecular formula is C19H25NO3. The van der Waals surface area contributed by atoms with Gasteiger partial charge in [0.2, 0.25) is 0 Å². The first-order valence-electron chi connectivity index (χ1n) is 8.58. The number of hydrogen-bond donors (Lipinski definition) is 2. The Morgan fingerprint density at radius 3 is 2.61 bits per heavy atom. The van der Waals surface area contributed by atoms with Gasteiger partial charge in [0.05, 0.1) is 0 Å². The Morgan fingerprint density at radius 2 is 1.91 bits per heavy atom. The maximum absolute atomic E-state index is 11.8. The van der Waals surface area contributed by atoms with Gasteiger partial charge in [0, 0.05) is 30.1 Å². The molecule has 1 heterocycles. The number of fused-ring (bicyclic) bond motifs is 1. The summed E-state index contributed by atoms with van der Waals surface area (Å²) in [5.74, 6) is 1.02. The fourth-order valence-corrected chi connectivity index (χ4v) is 3.46. The average Bonchev–Trinajstić information content (AvgIpc) is 2.53. The van der Waals surface area contributed by atoms with E-state index in [4.69, 9.17) is 4.42 Å². The molecule has 4 heteroatoms. The van der Waals surface area contributed by atoms with Crippen LogP contribution in [0, 0.1) is 5.92 Å². The van der Waals surface area contributed by atoms with Crippen LogP contribution in [-0.2, 0) is 13.0 Å². The topological polar surface area (TPSA) is 62.5 Å². The average molecular weight is 315 g/mol. The summed E-state index contributed by atoms with van der Waals surface area (Å²) in [6.07, 6.45) is 5.67. The van der Waals surface area contributed by atoms with Gasteiger partial charge in [-0.15, -0.1) is 0 Å². The van der Waals surface area contributed by atoms with Gasteiger partial charge in [0.15, 0.2) is 0 Å². The summed E-state index contributed by atoms with van der Waals surface area (Å²) in [5, 5.41) is 14.5. The van der Waals surface area contributed by atoms with Crippen LogP contribution in [0.15, 0.2) is 27.4 Å². The zero-order valence-corrected chi connectivity index (χ0v) is 13.9. The molecule has 0 saturated heterocycles. The molecule has 0 spiro atoms. The molecule has 1 aliphatic carbocycles. The van der Waals surface area contributed by atoms with Gasteiger partial charge in [-0.2, -0.15) is 0 Å². The maximum atomic E-state index is 11.8. The van der Waals surface area contributed by atoms with E-state index in [0.29, 0.717) is 18.2 Å². The minimum atomic E-state index is -0.366. The lowest BCUT2D eigenvalue weighted by molar-refractivity contribution is 0.306. The van der Waals surface area contributed by atoms with Crippen molar-refractivity contribution in [3.8, 4) is 5.75 Å². The zero-order valence-electron chi connectivity index (χ0n) is 13.9. The third kappa shape index (κ3) is 3.58. The van der Waals surface area contributed by atoms with Crippen LogP contribution in [0.5, 0.6) is 5.75 Å². The number of phenolic OH excluding ortho intramolecular Hbond substituents is 1. The molecule has 1 fully saturated rings. The minimum absolute atomic E-state index is 0.189. The zero-order chi connectivity index (χ0) is 16.4. The quantitative estimate of drug-likeness (QED) is 0.844. The van der Waals surface area contributed by atoms with Gasteiger partial charge in [0.25, 0.3) is 0 Å². The lowest BCUT2D eigenvalue weighted by Crippen LogP contribution is -2.32. The molecule has 1 saturated carbocycles. The largest absolute Gasteiger partial charge is 0.508 e.